The highest BCUT2D eigenvalue weighted by Crippen LogP contribution is 2.20. The van der Waals surface area contributed by atoms with E-state index in [-0.39, 0.29) is 0 Å². The molecule has 0 radical (unpaired) electrons. The van der Waals surface area contributed by atoms with Crippen LogP contribution in [-0.2, 0) is 13.2 Å². The average molecular weight is 369 g/mol. The van der Waals surface area contributed by atoms with Gasteiger partial charge in [-0.2, -0.15) is 0 Å². The third-order valence-corrected chi connectivity index (χ3v) is 4.82. The Balaban J connectivity index is 1.53. The minimum Gasteiger partial charge on any atom is -0.493 e. The number of aromatic nitrogens is 3. The lowest BCUT2D eigenvalue weighted by Crippen LogP contribution is -2.08. The fourth-order valence-corrected chi connectivity index (χ4v) is 3.36. The van der Waals surface area contributed by atoms with Crippen molar-refractivity contribution < 1.29 is 9.47 Å². The quantitative estimate of drug-likeness (QED) is 0.414. The summed E-state index contributed by atoms with van der Waals surface area (Å²) in [6.07, 6.45) is 0. The summed E-state index contributed by atoms with van der Waals surface area (Å²) in [4.78, 5) is 0. The summed E-state index contributed by atoms with van der Waals surface area (Å²) in [5.41, 5.74) is 1.11. The van der Waals surface area contributed by atoms with E-state index in [0.29, 0.717) is 13.2 Å². The van der Waals surface area contributed by atoms with Crippen molar-refractivity contribution in [1.82, 2.24) is 14.8 Å². The van der Waals surface area contributed by atoms with Gasteiger partial charge in [0.05, 0.1) is 6.61 Å². The van der Waals surface area contributed by atoms with Crippen molar-refractivity contribution in [2.24, 2.45) is 0 Å². The Bertz CT molecular complexity index is 821. The molecule has 3 aromatic rings. The van der Waals surface area contributed by atoms with Crippen molar-refractivity contribution in [2.75, 3.05) is 12.4 Å². The maximum Gasteiger partial charge on any atom is 0.191 e. The largest absolute Gasteiger partial charge is 0.493 e. The van der Waals surface area contributed by atoms with Crippen LogP contribution in [0.25, 0.3) is 0 Å². The molecule has 1 aromatic heterocycles. The first-order valence-corrected chi connectivity index (χ1v) is 9.67. The number of para-hydroxylation sites is 2. The van der Waals surface area contributed by atoms with Gasteiger partial charge < -0.3 is 14.0 Å². The molecule has 136 valence electrons. The summed E-state index contributed by atoms with van der Waals surface area (Å²) in [5.74, 6) is 3.41. The standard InChI is InChI=1S/C20H23N3O2S/c1-3-23-19(15-25-18-12-8-7-9-16(18)2)21-22-20(23)26-14-13-24-17-10-5-4-6-11-17/h4-12H,3,13-15H2,1-2H3. The Morgan fingerprint density at radius 2 is 1.73 bits per heavy atom. The Morgan fingerprint density at radius 3 is 2.50 bits per heavy atom. The van der Waals surface area contributed by atoms with Crippen molar-refractivity contribution in [2.45, 2.75) is 32.2 Å². The summed E-state index contributed by atoms with van der Waals surface area (Å²) in [6.45, 7) is 5.97. The van der Waals surface area contributed by atoms with E-state index in [9.17, 15) is 0 Å². The Labute approximate surface area is 158 Å². The molecule has 0 fully saturated rings. The number of benzene rings is 2. The Morgan fingerprint density at radius 1 is 0.962 bits per heavy atom. The van der Waals surface area contributed by atoms with Gasteiger partial charge in [-0.05, 0) is 37.6 Å². The van der Waals surface area contributed by atoms with Crippen molar-refractivity contribution in [3.8, 4) is 11.5 Å². The molecule has 1 heterocycles. The van der Waals surface area contributed by atoms with Crippen LogP contribution in [0, 0.1) is 6.92 Å². The highest BCUT2D eigenvalue weighted by Gasteiger charge is 2.12. The summed E-state index contributed by atoms with van der Waals surface area (Å²) in [6, 6.07) is 17.8. The Hall–Kier alpha value is -2.47. The Kier molecular flexibility index (Phi) is 6.55. The normalized spacial score (nSPS) is 10.7. The number of nitrogens with zero attached hydrogens (tertiary/aromatic N) is 3. The second-order valence-corrected chi connectivity index (χ2v) is 6.77. The molecule has 2 aromatic carbocycles. The minimum absolute atomic E-state index is 0.409. The monoisotopic (exact) mass is 369 g/mol. The molecule has 0 atom stereocenters. The fraction of sp³-hybridized carbons (Fsp3) is 0.300. The van der Waals surface area contributed by atoms with Crippen molar-refractivity contribution in [3.63, 3.8) is 0 Å². The maximum atomic E-state index is 5.90. The van der Waals surface area contributed by atoms with Crippen molar-refractivity contribution in [3.05, 3.63) is 66.0 Å². The van der Waals surface area contributed by atoms with Gasteiger partial charge in [0.2, 0.25) is 0 Å². The first kappa shape index (κ1) is 18.3. The van der Waals surface area contributed by atoms with Crippen LogP contribution in [0.4, 0.5) is 0 Å². The van der Waals surface area contributed by atoms with Crippen LogP contribution in [0.5, 0.6) is 11.5 Å². The molecule has 6 heteroatoms. The number of rotatable bonds is 9. The fourth-order valence-electron chi connectivity index (χ4n) is 2.52. The first-order chi connectivity index (χ1) is 12.8. The summed E-state index contributed by atoms with van der Waals surface area (Å²) >= 11 is 1.65. The molecule has 0 N–H and O–H groups in total. The molecule has 3 rings (SSSR count). The topological polar surface area (TPSA) is 49.2 Å². The zero-order valence-electron chi connectivity index (χ0n) is 15.1. The van der Waals surface area contributed by atoms with Crippen LogP contribution in [0.15, 0.2) is 59.8 Å². The lowest BCUT2D eigenvalue weighted by Gasteiger charge is -2.10. The highest BCUT2D eigenvalue weighted by atomic mass is 32.2. The number of ether oxygens (including phenoxy) is 2. The molecule has 0 saturated heterocycles. The molecule has 26 heavy (non-hydrogen) atoms. The number of aryl methyl sites for hydroxylation is 1. The molecule has 0 spiro atoms. The molecule has 0 bridgehead atoms. The minimum atomic E-state index is 0.409. The van der Waals surface area contributed by atoms with E-state index < -0.39 is 0 Å². The highest BCUT2D eigenvalue weighted by molar-refractivity contribution is 7.99. The van der Waals surface area contributed by atoms with Gasteiger partial charge >= 0.3 is 0 Å². The van der Waals surface area contributed by atoms with Gasteiger partial charge in [0, 0.05) is 12.3 Å². The molecule has 0 aliphatic heterocycles. The van der Waals surface area contributed by atoms with E-state index in [2.05, 4.69) is 21.7 Å². The van der Waals surface area contributed by atoms with Gasteiger partial charge in [-0.25, -0.2) is 0 Å². The molecular weight excluding hydrogens is 346 g/mol. The molecule has 5 nitrogen and oxygen atoms in total. The zero-order chi connectivity index (χ0) is 18.2. The van der Waals surface area contributed by atoms with Gasteiger partial charge in [0.15, 0.2) is 11.0 Å². The lowest BCUT2D eigenvalue weighted by atomic mass is 10.2. The first-order valence-electron chi connectivity index (χ1n) is 8.69. The smallest absolute Gasteiger partial charge is 0.191 e. The van der Waals surface area contributed by atoms with Crippen LogP contribution in [0.3, 0.4) is 0 Å². The van der Waals surface area contributed by atoms with Gasteiger partial charge in [0.25, 0.3) is 0 Å². The summed E-state index contributed by atoms with van der Waals surface area (Å²) in [5, 5.41) is 9.50. The second-order valence-electron chi connectivity index (χ2n) is 5.71. The molecule has 0 amide bonds. The van der Waals surface area contributed by atoms with Gasteiger partial charge in [0.1, 0.15) is 18.1 Å². The number of thioether (sulfide) groups is 1. The van der Waals surface area contributed by atoms with E-state index in [1.807, 2.05) is 61.5 Å². The third-order valence-electron chi connectivity index (χ3n) is 3.89. The van der Waals surface area contributed by atoms with Crippen LogP contribution in [0.2, 0.25) is 0 Å². The SMILES string of the molecule is CCn1c(COc2ccccc2C)nnc1SCCOc1ccccc1. The molecule has 0 saturated carbocycles. The number of hydrogen-bond donors (Lipinski definition) is 0. The second kappa shape index (κ2) is 9.29. The van der Waals surface area contributed by atoms with E-state index >= 15 is 0 Å². The van der Waals surface area contributed by atoms with Crippen LogP contribution >= 0.6 is 11.8 Å². The van der Waals surface area contributed by atoms with E-state index in [1.54, 1.807) is 11.8 Å². The molecule has 0 aliphatic carbocycles. The van der Waals surface area contributed by atoms with Gasteiger partial charge in [-0.1, -0.05) is 48.2 Å². The lowest BCUT2D eigenvalue weighted by molar-refractivity contribution is 0.286. The molecule has 0 unspecified atom stereocenters. The zero-order valence-corrected chi connectivity index (χ0v) is 15.9. The average Bonchev–Trinajstić information content (AvgIpc) is 3.07. The van der Waals surface area contributed by atoms with Crippen molar-refractivity contribution >= 4 is 11.8 Å². The predicted octanol–water partition coefficient (Wildman–Crippen LogP) is 4.36. The number of hydrogen-bond acceptors (Lipinski definition) is 5. The summed E-state index contributed by atoms with van der Waals surface area (Å²) < 4.78 is 13.7. The van der Waals surface area contributed by atoms with Crippen LogP contribution in [0.1, 0.15) is 18.3 Å². The van der Waals surface area contributed by atoms with E-state index in [1.165, 1.54) is 0 Å². The summed E-state index contributed by atoms with van der Waals surface area (Å²) in [7, 11) is 0. The van der Waals surface area contributed by atoms with E-state index in [0.717, 1.165) is 40.3 Å². The van der Waals surface area contributed by atoms with Crippen LogP contribution in [-0.4, -0.2) is 27.1 Å². The molecular formula is C20H23N3O2S. The maximum absolute atomic E-state index is 5.90. The van der Waals surface area contributed by atoms with Crippen LogP contribution < -0.4 is 9.47 Å². The molecule has 0 aliphatic rings. The van der Waals surface area contributed by atoms with Gasteiger partial charge in [-0.3, -0.25) is 0 Å². The predicted molar refractivity (Wildman–Crippen MR) is 104 cm³/mol. The van der Waals surface area contributed by atoms with Gasteiger partial charge in [-0.15, -0.1) is 10.2 Å². The van der Waals surface area contributed by atoms with E-state index in [4.69, 9.17) is 9.47 Å². The van der Waals surface area contributed by atoms with Crippen molar-refractivity contribution in [1.29, 1.82) is 0 Å². The third kappa shape index (κ3) is 4.79.